The summed E-state index contributed by atoms with van der Waals surface area (Å²) in [6, 6.07) is 4.23. The zero-order chi connectivity index (χ0) is 12.6. The molecule has 6 heteroatoms. The fraction of sp³-hybridized carbons (Fsp3) is 0. The number of H-pyrrole nitrogens is 1. The van der Waals surface area contributed by atoms with Crippen molar-refractivity contribution in [2.75, 3.05) is 0 Å². The molecule has 2 rings (SSSR count). The van der Waals surface area contributed by atoms with Gasteiger partial charge in [0.15, 0.2) is 5.82 Å². The van der Waals surface area contributed by atoms with E-state index in [1.807, 2.05) is 0 Å². The smallest absolute Gasteiger partial charge is 0.284 e. The standard InChI is InChI=1S/C11H5Cl3FNO/c12-7-4-9(14)8(13)3-6(7)5-1-2-16-11(17)10(5)15/h1-4H,(H,16,17). The fourth-order valence-electron chi connectivity index (χ4n) is 1.40. The van der Waals surface area contributed by atoms with Crippen molar-refractivity contribution in [3.8, 4) is 11.1 Å². The summed E-state index contributed by atoms with van der Waals surface area (Å²) in [6.07, 6.45) is 1.33. The Hall–Kier alpha value is -1.03. The van der Waals surface area contributed by atoms with E-state index in [1.165, 1.54) is 24.4 Å². The van der Waals surface area contributed by atoms with Crippen LogP contribution in [0.3, 0.4) is 0 Å². The summed E-state index contributed by atoms with van der Waals surface area (Å²) >= 11 is 17.5. The molecule has 0 atom stereocenters. The zero-order valence-electron chi connectivity index (χ0n) is 8.23. The Labute approximate surface area is 111 Å². The highest BCUT2D eigenvalue weighted by atomic mass is 35.5. The van der Waals surface area contributed by atoms with Gasteiger partial charge in [-0.25, -0.2) is 4.39 Å². The quantitative estimate of drug-likeness (QED) is 0.787. The lowest BCUT2D eigenvalue weighted by atomic mass is 10.1. The molecule has 88 valence electrons. The van der Waals surface area contributed by atoms with Crippen molar-refractivity contribution >= 4 is 34.8 Å². The summed E-state index contributed by atoms with van der Waals surface area (Å²) in [5.74, 6) is -0.909. The van der Waals surface area contributed by atoms with Crippen LogP contribution < -0.4 is 5.56 Å². The highest BCUT2D eigenvalue weighted by Gasteiger charge is 2.13. The first-order valence-corrected chi connectivity index (χ1v) is 5.66. The fourth-order valence-corrected chi connectivity index (χ4v) is 2.05. The van der Waals surface area contributed by atoms with E-state index in [9.17, 15) is 9.18 Å². The summed E-state index contributed by atoms with van der Waals surface area (Å²) in [6.45, 7) is 0. The molecule has 0 unspecified atom stereocenters. The van der Waals surface area contributed by atoms with Gasteiger partial charge < -0.3 is 4.98 Å². The highest BCUT2D eigenvalue weighted by molar-refractivity contribution is 6.44. The summed E-state index contributed by atoms with van der Waals surface area (Å²) in [5, 5.41) is 0.736. The minimum Gasteiger partial charge on any atom is -0.327 e. The molecule has 1 heterocycles. The maximum absolute atomic E-state index is 13.6. The maximum atomic E-state index is 13.6. The van der Waals surface area contributed by atoms with Gasteiger partial charge in [0.2, 0.25) is 0 Å². The predicted octanol–water partition coefficient (Wildman–Crippen LogP) is 4.14. The molecule has 0 amide bonds. The molecule has 0 saturated carbocycles. The Morgan fingerprint density at radius 1 is 1.00 bits per heavy atom. The van der Waals surface area contributed by atoms with Crippen molar-refractivity contribution in [3.63, 3.8) is 0 Å². The van der Waals surface area contributed by atoms with Crippen LogP contribution >= 0.6 is 34.8 Å². The molecule has 0 radical (unpaired) electrons. The third-order valence-electron chi connectivity index (χ3n) is 2.20. The minimum absolute atomic E-state index is 0.0808. The molecule has 0 fully saturated rings. The van der Waals surface area contributed by atoms with Crippen molar-refractivity contribution in [2.45, 2.75) is 0 Å². The van der Waals surface area contributed by atoms with Crippen LogP contribution in [0.25, 0.3) is 11.1 Å². The van der Waals surface area contributed by atoms with Gasteiger partial charge in [-0.1, -0.05) is 34.8 Å². The second-order valence-electron chi connectivity index (χ2n) is 3.28. The van der Waals surface area contributed by atoms with Gasteiger partial charge in [0.25, 0.3) is 5.56 Å². The van der Waals surface area contributed by atoms with E-state index in [1.54, 1.807) is 0 Å². The summed E-state index contributed by atoms with van der Waals surface area (Å²) in [7, 11) is 0. The minimum atomic E-state index is -0.909. The Balaban J connectivity index is 2.73. The molecule has 1 aromatic heterocycles. The number of hydrogen-bond acceptors (Lipinski definition) is 1. The van der Waals surface area contributed by atoms with Crippen LogP contribution in [0.1, 0.15) is 0 Å². The van der Waals surface area contributed by atoms with Crippen LogP contribution in [0.5, 0.6) is 0 Å². The molecule has 0 aliphatic carbocycles. The van der Waals surface area contributed by atoms with E-state index < -0.39 is 11.4 Å². The van der Waals surface area contributed by atoms with Gasteiger partial charge in [-0.05, 0) is 18.2 Å². The lowest BCUT2D eigenvalue weighted by Gasteiger charge is -2.07. The first-order valence-electron chi connectivity index (χ1n) is 4.53. The third kappa shape index (κ3) is 2.32. The summed E-state index contributed by atoms with van der Waals surface area (Å²) < 4.78 is 13.6. The second-order valence-corrected chi connectivity index (χ2v) is 4.50. The van der Waals surface area contributed by atoms with E-state index in [2.05, 4.69) is 4.98 Å². The van der Waals surface area contributed by atoms with Crippen molar-refractivity contribution in [3.05, 3.63) is 55.6 Å². The lowest BCUT2D eigenvalue weighted by Crippen LogP contribution is -2.10. The number of halogens is 4. The van der Waals surface area contributed by atoms with Crippen LogP contribution in [-0.2, 0) is 0 Å². The average Bonchev–Trinajstić information content (AvgIpc) is 2.28. The van der Waals surface area contributed by atoms with Crippen molar-refractivity contribution < 1.29 is 4.39 Å². The molecule has 0 aliphatic rings. The number of nitrogens with one attached hydrogen (secondary N) is 1. The van der Waals surface area contributed by atoms with Crippen molar-refractivity contribution in [1.82, 2.24) is 4.98 Å². The lowest BCUT2D eigenvalue weighted by molar-refractivity contribution is 0.612. The molecule has 0 saturated heterocycles. The molecule has 17 heavy (non-hydrogen) atoms. The Kier molecular flexibility index (Phi) is 3.43. The van der Waals surface area contributed by atoms with Gasteiger partial charge in [-0.2, -0.15) is 0 Å². The average molecular weight is 293 g/mol. The molecule has 0 spiro atoms. The molecule has 2 nitrogen and oxygen atoms in total. The van der Waals surface area contributed by atoms with E-state index in [0.717, 1.165) is 0 Å². The number of benzene rings is 1. The van der Waals surface area contributed by atoms with Crippen LogP contribution in [0.15, 0.2) is 29.2 Å². The monoisotopic (exact) mass is 291 g/mol. The number of pyridine rings is 1. The van der Waals surface area contributed by atoms with Crippen LogP contribution in [-0.4, -0.2) is 4.98 Å². The predicted molar refractivity (Wildman–Crippen MR) is 67.5 cm³/mol. The molecular formula is C11H5Cl3FNO. The van der Waals surface area contributed by atoms with E-state index in [4.69, 9.17) is 34.8 Å². The first kappa shape index (κ1) is 12.4. The van der Waals surface area contributed by atoms with Crippen LogP contribution in [0.4, 0.5) is 4.39 Å². The summed E-state index contributed by atoms with van der Waals surface area (Å²) in [4.78, 5) is 13.4. The normalized spacial score (nSPS) is 10.6. The highest BCUT2D eigenvalue weighted by Crippen LogP contribution is 2.35. The molecule has 2 aromatic rings. The van der Waals surface area contributed by atoms with Gasteiger partial charge in [0.05, 0.1) is 15.1 Å². The molecule has 0 aliphatic heterocycles. The SMILES string of the molecule is O=c1[nH]ccc(-c2cc(Cl)c(Cl)cc2Cl)c1F. The van der Waals surface area contributed by atoms with Crippen molar-refractivity contribution in [2.24, 2.45) is 0 Å². The van der Waals surface area contributed by atoms with Gasteiger partial charge in [0.1, 0.15) is 0 Å². The number of rotatable bonds is 1. The number of aromatic amines is 1. The van der Waals surface area contributed by atoms with Gasteiger partial charge >= 0.3 is 0 Å². The van der Waals surface area contributed by atoms with Crippen LogP contribution in [0, 0.1) is 5.82 Å². The molecule has 1 aromatic carbocycles. The maximum Gasteiger partial charge on any atom is 0.284 e. The van der Waals surface area contributed by atoms with Crippen LogP contribution in [0.2, 0.25) is 15.1 Å². The second kappa shape index (κ2) is 4.69. The first-order chi connectivity index (χ1) is 8.00. The van der Waals surface area contributed by atoms with Gasteiger partial charge in [-0.15, -0.1) is 0 Å². The molecule has 1 N–H and O–H groups in total. The topological polar surface area (TPSA) is 32.9 Å². The largest absolute Gasteiger partial charge is 0.327 e. The van der Waals surface area contributed by atoms with E-state index in [-0.39, 0.29) is 20.6 Å². The molecule has 0 bridgehead atoms. The van der Waals surface area contributed by atoms with E-state index in [0.29, 0.717) is 5.56 Å². The number of aromatic nitrogens is 1. The summed E-state index contributed by atoms with van der Waals surface area (Å²) in [5.41, 5.74) is -0.411. The van der Waals surface area contributed by atoms with Crippen molar-refractivity contribution in [1.29, 1.82) is 0 Å². The third-order valence-corrected chi connectivity index (χ3v) is 3.24. The Bertz CT molecular complexity index is 639. The zero-order valence-corrected chi connectivity index (χ0v) is 10.5. The van der Waals surface area contributed by atoms with E-state index >= 15 is 0 Å². The van der Waals surface area contributed by atoms with Gasteiger partial charge in [0, 0.05) is 17.3 Å². The number of hydrogen-bond donors (Lipinski definition) is 1. The Morgan fingerprint density at radius 3 is 2.35 bits per heavy atom. The van der Waals surface area contributed by atoms with Gasteiger partial charge in [-0.3, -0.25) is 4.79 Å². The Morgan fingerprint density at radius 2 is 1.65 bits per heavy atom. The molecular weight excluding hydrogens is 287 g/mol.